The van der Waals surface area contributed by atoms with Crippen LogP contribution in [0.25, 0.3) is 0 Å². The fraction of sp³-hybridized carbons (Fsp3) is 0.167. The summed E-state index contributed by atoms with van der Waals surface area (Å²) in [5.74, 6) is 1.52. The molecular weight excluding hydrogens is 118 g/mol. The van der Waals surface area contributed by atoms with Crippen LogP contribution in [-0.4, -0.2) is 11.1 Å². The van der Waals surface area contributed by atoms with Crippen molar-refractivity contribution in [3.8, 4) is 12.0 Å². The van der Waals surface area contributed by atoms with Gasteiger partial charge in [0.25, 0.3) is 0 Å². The topological polar surface area (TPSA) is 63.3 Å². The molecule has 0 rings (SSSR count). The van der Waals surface area contributed by atoms with E-state index in [2.05, 4.69) is 12.0 Å². The Morgan fingerprint density at radius 2 is 2.44 bits per heavy atom. The van der Waals surface area contributed by atoms with E-state index in [1.54, 1.807) is 0 Å². The van der Waals surface area contributed by atoms with Crippen molar-refractivity contribution in [2.75, 3.05) is 0 Å². The second kappa shape index (κ2) is 4.72. The lowest BCUT2D eigenvalue weighted by molar-refractivity contribution is -0.131. The number of aliphatic carboxylic acids is 1. The average molecular weight is 125 g/mol. The van der Waals surface area contributed by atoms with Crippen LogP contribution in [0.5, 0.6) is 0 Å². The number of carboxylic acid groups (broad SMARTS) is 1. The molecule has 0 saturated carbocycles. The monoisotopic (exact) mass is 125 g/mol. The molecule has 9 heavy (non-hydrogen) atoms. The number of carboxylic acids is 1. The Morgan fingerprint density at radius 3 is 2.89 bits per heavy atom. The molecule has 0 aromatic carbocycles. The summed E-state index contributed by atoms with van der Waals surface area (Å²) in [7, 11) is 0. The molecule has 0 spiro atoms. The van der Waals surface area contributed by atoms with Gasteiger partial charge in [-0.05, 0) is 0 Å². The zero-order valence-corrected chi connectivity index (χ0v) is 4.79. The summed E-state index contributed by atoms with van der Waals surface area (Å²) in [5.41, 5.74) is 4.80. The van der Waals surface area contributed by atoms with Crippen molar-refractivity contribution in [1.29, 1.82) is 0 Å². The maximum atomic E-state index is 9.80. The Bertz CT molecular complexity index is 173. The molecule has 3 heteroatoms. The molecular formula is C6H7NO2. The third kappa shape index (κ3) is 6.57. The molecule has 0 aliphatic rings. The lowest BCUT2D eigenvalue weighted by Crippen LogP contribution is -1.85. The third-order valence-electron chi connectivity index (χ3n) is 0.582. The second-order valence-corrected chi connectivity index (χ2v) is 1.27. The summed E-state index contributed by atoms with van der Waals surface area (Å²) in [4.78, 5) is 9.80. The zero-order chi connectivity index (χ0) is 7.11. The molecule has 0 fully saturated rings. The van der Waals surface area contributed by atoms with Gasteiger partial charge in [-0.25, -0.2) is 4.79 Å². The zero-order valence-electron chi connectivity index (χ0n) is 4.79. The maximum Gasteiger partial charge on any atom is 0.328 e. The van der Waals surface area contributed by atoms with Crippen molar-refractivity contribution < 1.29 is 9.90 Å². The van der Waals surface area contributed by atoms with Gasteiger partial charge < -0.3 is 10.8 Å². The van der Waals surface area contributed by atoms with Gasteiger partial charge in [0.2, 0.25) is 0 Å². The molecule has 48 valence electrons. The van der Waals surface area contributed by atoms with Crippen LogP contribution in [0, 0.1) is 12.0 Å². The van der Waals surface area contributed by atoms with E-state index in [1.165, 1.54) is 6.08 Å². The van der Waals surface area contributed by atoms with Crippen LogP contribution in [0.3, 0.4) is 0 Å². The van der Waals surface area contributed by atoms with Crippen molar-refractivity contribution in [2.24, 2.45) is 5.73 Å². The van der Waals surface area contributed by atoms with E-state index < -0.39 is 5.97 Å². The first-order valence-electron chi connectivity index (χ1n) is 2.35. The highest BCUT2D eigenvalue weighted by molar-refractivity contribution is 5.79. The van der Waals surface area contributed by atoms with Crippen LogP contribution in [-0.2, 0) is 4.79 Å². The van der Waals surface area contributed by atoms with Crippen LogP contribution in [0.15, 0.2) is 12.2 Å². The number of hydrogen-bond acceptors (Lipinski definition) is 2. The molecule has 3 nitrogen and oxygen atoms in total. The van der Waals surface area contributed by atoms with Gasteiger partial charge >= 0.3 is 5.97 Å². The van der Waals surface area contributed by atoms with E-state index in [0.717, 1.165) is 6.08 Å². The molecule has 0 aliphatic heterocycles. The smallest absolute Gasteiger partial charge is 0.328 e. The highest BCUT2D eigenvalue weighted by Gasteiger charge is 1.80. The molecule has 0 saturated heterocycles. The molecule has 0 atom stereocenters. The highest BCUT2D eigenvalue weighted by atomic mass is 16.4. The lowest BCUT2D eigenvalue weighted by Gasteiger charge is -1.74. The molecule has 0 aliphatic carbocycles. The van der Waals surface area contributed by atoms with E-state index in [-0.39, 0.29) is 0 Å². The Kier molecular flexibility index (Phi) is 3.97. The average Bonchev–Trinajstić information content (AvgIpc) is 1.80. The first kappa shape index (κ1) is 7.57. The van der Waals surface area contributed by atoms with E-state index in [1.807, 2.05) is 0 Å². The quantitative estimate of drug-likeness (QED) is 0.308. The van der Waals surface area contributed by atoms with Gasteiger partial charge in [0.15, 0.2) is 0 Å². The van der Waals surface area contributed by atoms with E-state index >= 15 is 0 Å². The standard InChI is InChI=1S/C6H7NO2/c7-5-3-1-2-4-6(8)9/h2,4H,1,7H2,(H,8,9). The minimum absolute atomic E-state index is 0.392. The fourth-order valence-electron chi connectivity index (χ4n) is 0.278. The van der Waals surface area contributed by atoms with E-state index in [9.17, 15) is 4.79 Å². The predicted molar refractivity (Wildman–Crippen MR) is 33.4 cm³/mol. The van der Waals surface area contributed by atoms with E-state index in [0.29, 0.717) is 6.42 Å². The summed E-state index contributed by atoms with van der Waals surface area (Å²) in [5, 5.41) is 8.05. The number of nitrogens with two attached hydrogens (primary N) is 1. The number of allylic oxidation sites excluding steroid dienone is 1. The molecule has 3 N–H and O–H groups in total. The van der Waals surface area contributed by atoms with Gasteiger partial charge in [-0.3, -0.25) is 0 Å². The molecule has 0 radical (unpaired) electrons. The van der Waals surface area contributed by atoms with Gasteiger partial charge in [0, 0.05) is 18.5 Å². The number of rotatable bonds is 2. The van der Waals surface area contributed by atoms with E-state index in [4.69, 9.17) is 10.8 Å². The van der Waals surface area contributed by atoms with Crippen molar-refractivity contribution in [3.05, 3.63) is 12.2 Å². The maximum absolute atomic E-state index is 9.80. The summed E-state index contributed by atoms with van der Waals surface area (Å²) in [6.07, 6.45) is 2.86. The van der Waals surface area contributed by atoms with Crippen LogP contribution in [0.4, 0.5) is 0 Å². The van der Waals surface area contributed by atoms with Crippen molar-refractivity contribution >= 4 is 5.97 Å². The normalized spacial score (nSPS) is 8.44. The molecule has 0 bridgehead atoms. The molecule has 0 amide bonds. The highest BCUT2D eigenvalue weighted by Crippen LogP contribution is 1.77. The summed E-state index contributed by atoms with van der Waals surface area (Å²) < 4.78 is 0. The van der Waals surface area contributed by atoms with Gasteiger partial charge in [0.05, 0.1) is 0 Å². The van der Waals surface area contributed by atoms with Gasteiger partial charge in [-0.2, -0.15) is 0 Å². The SMILES string of the molecule is NC#CCC=CC(=O)O. The summed E-state index contributed by atoms with van der Waals surface area (Å²) in [6.45, 7) is 0. The molecule has 0 aromatic heterocycles. The lowest BCUT2D eigenvalue weighted by atomic mass is 10.4. The van der Waals surface area contributed by atoms with Gasteiger partial charge in [0.1, 0.15) is 0 Å². The fourth-order valence-corrected chi connectivity index (χ4v) is 0.278. The Balaban J connectivity index is 3.44. The Labute approximate surface area is 53.2 Å². The van der Waals surface area contributed by atoms with Crippen LogP contribution in [0.1, 0.15) is 6.42 Å². The summed E-state index contributed by atoms with van der Waals surface area (Å²) >= 11 is 0. The van der Waals surface area contributed by atoms with Crippen LogP contribution in [0.2, 0.25) is 0 Å². The largest absolute Gasteiger partial charge is 0.478 e. The van der Waals surface area contributed by atoms with Crippen LogP contribution >= 0.6 is 0 Å². The van der Waals surface area contributed by atoms with Gasteiger partial charge in [-0.1, -0.05) is 12.0 Å². The van der Waals surface area contributed by atoms with Crippen molar-refractivity contribution in [3.63, 3.8) is 0 Å². The summed E-state index contributed by atoms with van der Waals surface area (Å²) in [6, 6.07) is 2.15. The first-order chi connectivity index (χ1) is 4.27. The predicted octanol–water partition coefficient (Wildman–Crippen LogP) is -0.0631. The van der Waals surface area contributed by atoms with Crippen molar-refractivity contribution in [1.82, 2.24) is 0 Å². The molecule has 0 heterocycles. The Hall–Kier alpha value is -1.43. The van der Waals surface area contributed by atoms with Gasteiger partial charge in [-0.15, -0.1) is 0 Å². The number of carbonyl (C=O) groups is 1. The first-order valence-corrected chi connectivity index (χ1v) is 2.35. The molecule has 0 unspecified atom stereocenters. The number of hydrogen-bond donors (Lipinski definition) is 2. The Morgan fingerprint density at radius 1 is 1.78 bits per heavy atom. The second-order valence-electron chi connectivity index (χ2n) is 1.27. The minimum atomic E-state index is -0.964. The van der Waals surface area contributed by atoms with Crippen LogP contribution < -0.4 is 5.73 Å². The minimum Gasteiger partial charge on any atom is -0.478 e. The molecule has 0 aromatic rings. The third-order valence-corrected chi connectivity index (χ3v) is 0.582. The van der Waals surface area contributed by atoms with Crippen molar-refractivity contribution in [2.45, 2.75) is 6.42 Å².